The Hall–Kier alpha value is -1.44. The number of nitrogens with zero attached hydrogens (tertiary/aromatic N) is 2. The number of amides is 2. The molecule has 0 spiro atoms. The molecule has 0 rings (SSSR count). The second kappa shape index (κ2) is 5.76. The van der Waals surface area contributed by atoms with E-state index >= 15 is 0 Å². The minimum atomic E-state index is -1.44. The molecule has 17 heavy (non-hydrogen) atoms. The number of rotatable bonds is 5. The molecule has 1 N–H and O–H groups in total. The Morgan fingerprint density at radius 2 is 1.65 bits per heavy atom. The third kappa shape index (κ3) is 3.81. The van der Waals surface area contributed by atoms with Gasteiger partial charge >= 0.3 is 5.97 Å². The fraction of sp³-hybridized carbons (Fsp3) is 0.667. The lowest BCUT2D eigenvalue weighted by Gasteiger charge is -2.34. The van der Waals surface area contributed by atoms with Crippen LogP contribution in [0.2, 0.25) is 0 Å². The van der Waals surface area contributed by atoms with Crippen LogP contribution >= 0.6 is 11.9 Å². The van der Waals surface area contributed by atoms with Crippen molar-refractivity contribution in [2.45, 2.75) is 38.5 Å². The quantitative estimate of drug-likeness (QED) is 0.586. The van der Waals surface area contributed by atoms with Gasteiger partial charge < -0.3 is 5.11 Å². The minimum absolute atomic E-state index is 0.476. The second-order valence-corrected chi connectivity index (χ2v) is 5.30. The summed E-state index contributed by atoms with van der Waals surface area (Å²) in [7, 11) is 0. The molecule has 1 atom stereocenters. The zero-order valence-corrected chi connectivity index (χ0v) is 10.8. The van der Waals surface area contributed by atoms with Crippen molar-refractivity contribution in [2.24, 2.45) is 4.58 Å². The van der Waals surface area contributed by atoms with E-state index < -0.39 is 28.6 Å². The van der Waals surface area contributed by atoms with E-state index in [1.165, 1.54) is 13.8 Å². The van der Waals surface area contributed by atoms with Gasteiger partial charge in [0.15, 0.2) is 6.04 Å². The van der Waals surface area contributed by atoms with E-state index in [4.69, 9.17) is 5.11 Å². The van der Waals surface area contributed by atoms with Gasteiger partial charge in [-0.1, -0.05) is 0 Å². The summed E-state index contributed by atoms with van der Waals surface area (Å²) in [6, 6.07) is -1.44. The van der Waals surface area contributed by atoms with Crippen molar-refractivity contribution in [1.29, 1.82) is 0 Å². The van der Waals surface area contributed by atoms with E-state index in [2.05, 4.69) is 4.58 Å². The summed E-state index contributed by atoms with van der Waals surface area (Å²) in [5, 5.41) is 9.10. The van der Waals surface area contributed by atoms with Crippen LogP contribution in [0.3, 0.4) is 0 Å². The number of hydrogen-bond donors (Lipinski definition) is 1. The lowest BCUT2D eigenvalue weighted by molar-refractivity contribution is -0.157. The molecular weight excluding hydrogens is 248 g/mol. The maximum Gasteiger partial charge on any atom is 0.328 e. The van der Waals surface area contributed by atoms with Crippen LogP contribution < -0.4 is 0 Å². The van der Waals surface area contributed by atoms with Crippen LogP contribution in [0.4, 0.5) is 0 Å². The molecule has 8 heteroatoms. The average Bonchev–Trinajstić information content (AvgIpc) is 2.11. The van der Waals surface area contributed by atoms with Crippen molar-refractivity contribution in [2.75, 3.05) is 0 Å². The van der Waals surface area contributed by atoms with E-state index in [0.717, 1.165) is 13.8 Å². The lowest BCUT2D eigenvalue weighted by Crippen LogP contribution is -2.56. The standard InChI is InChI=1S/C9H14N2O5S/c1-5(12)11(6(2)13)7(8(14)15)9(3,4)17-10-16/h7H,1-4H3,(H,14,15)/t7-/m1/s1. The first-order valence-electron chi connectivity index (χ1n) is 4.69. The van der Waals surface area contributed by atoms with Crippen molar-refractivity contribution >= 4 is 29.7 Å². The fourth-order valence-electron chi connectivity index (χ4n) is 1.45. The molecule has 0 saturated heterocycles. The molecule has 0 aliphatic carbocycles. The molecule has 0 unspecified atom stereocenters. The van der Waals surface area contributed by atoms with E-state index in [1.807, 2.05) is 0 Å². The number of nitroso groups, excluding NO2 is 1. The maximum absolute atomic E-state index is 11.3. The number of carbonyl (C=O) groups excluding carboxylic acids is 2. The smallest absolute Gasteiger partial charge is 0.328 e. The first-order chi connectivity index (χ1) is 7.65. The Morgan fingerprint density at radius 1 is 1.24 bits per heavy atom. The van der Waals surface area contributed by atoms with E-state index in [1.54, 1.807) is 0 Å². The zero-order valence-electron chi connectivity index (χ0n) is 9.96. The largest absolute Gasteiger partial charge is 0.480 e. The van der Waals surface area contributed by atoms with Gasteiger partial charge in [0, 0.05) is 30.4 Å². The molecule has 96 valence electrons. The minimum Gasteiger partial charge on any atom is -0.480 e. The van der Waals surface area contributed by atoms with Crippen molar-refractivity contribution in [3.05, 3.63) is 4.91 Å². The number of hydrogen-bond acceptors (Lipinski definition) is 6. The first-order valence-corrected chi connectivity index (χ1v) is 5.46. The number of aliphatic carboxylic acids is 1. The lowest BCUT2D eigenvalue weighted by atomic mass is 10.0. The third-order valence-corrected chi connectivity index (χ3v) is 2.87. The SMILES string of the molecule is CC(=O)N(C(C)=O)[C@H](C(=O)O)C(C)(C)SN=O. The van der Waals surface area contributed by atoms with Crippen molar-refractivity contribution < 1.29 is 19.5 Å². The second-order valence-electron chi connectivity index (χ2n) is 3.92. The van der Waals surface area contributed by atoms with Crippen molar-refractivity contribution in [3.63, 3.8) is 0 Å². The molecule has 0 radical (unpaired) electrons. The first kappa shape index (κ1) is 15.6. The monoisotopic (exact) mass is 262 g/mol. The van der Waals surface area contributed by atoms with Gasteiger partial charge in [-0.2, -0.15) is 0 Å². The molecule has 0 bridgehead atoms. The Labute approximate surface area is 103 Å². The van der Waals surface area contributed by atoms with Crippen LogP contribution in [0.15, 0.2) is 4.58 Å². The highest BCUT2D eigenvalue weighted by Crippen LogP contribution is 2.32. The van der Waals surface area contributed by atoms with Gasteiger partial charge in [-0.3, -0.25) is 14.5 Å². The number of carboxylic acids is 1. The zero-order chi connectivity index (χ0) is 13.8. The fourth-order valence-corrected chi connectivity index (χ4v) is 1.95. The van der Waals surface area contributed by atoms with Gasteiger partial charge in [0.1, 0.15) is 0 Å². The van der Waals surface area contributed by atoms with E-state index in [0.29, 0.717) is 16.8 Å². The number of carbonyl (C=O) groups is 3. The maximum atomic E-state index is 11.3. The average molecular weight is 262 g/mol. The van der Waals surface area contributed by atoms with Crippen LogP contribution in [0.1, 0.15) is 27.7 Å². The van der Waals surface area contributed by atoms with Crippen LogP contribution in [0, 0.1) is 4.91 Å². The van der Waals surface area contributed by atoms with Gasteiger partial charge in [0.25, 0.3) is 0 Å². The van der Waals surface area contributed by atoms with E-state index in [-0.39, 0.29) is 0 Å². The molecule has 0 aromatic carbocycles. The summed E-state index contributed by atoms with van der Waals surface area (Å²) in [5.41, 5.74) is 0. The molecule has 0 saturated carbocycles. The summed E-state index contributed by atoms with van der Waals surface area (Å²) in [6.07, 6.45) is 0. The molecular formula is C9H14N2O5S. The topological polar surface area (TPSA) is 104 Å². The summed E-state index contributed by atoms with van der Waals surface area (Å²) in [5.74, 6) is -2.74. The van der Waals surface area contributed by atoms with Crippen molar-refractivity contribution in [1.82, 2.24) is 4.90 Å². The molecule has 0 heterocycles. The van der Waals surface area contributed by atoms with Crippen LogP contribution in [0.5, 0.6) is 0 Å². The van der Waals surface area contributed by atoms with Crippen LogP contribution in [-0.4, -0.2) is 38.6 Å². The van der Waals surface area contributed by atoms with Crippen LogP contribution in [0.25, 0.3) is 0 Å². The predicted molar refractivity (Wildman–Crippen MR) is 62.1 cm³/mol. The summed E-state index contributed by atoms with van der Waals surface area (Å²) in [4.78, 5) is 44.6. The van der Waals surface area contributed by atoms with Gasteiger partial charge in [-0.05, 0) is 13.8 Å². The molecule has 0 aliphatic heterocycles. The Bertz CT molecular complexity index is 341. The normalized spacial score (nSPS) is 12.7. The highest BCUT2D eigenvalue weighted by Gasteiger charge is 2.44. The predicted octanol–water partition coefficient (Wildman–Crippen LogP) is 1.03. The Morgan fingerprint density at radius 3 is 1.88 bits per heavy atom. The third-order valence-electron chi connectivity index (χ3n) is 2.10. The van der Waals surface area contributed by atoms with Gasteiger partial charge in [0.2, 0.25) is 11.8 Å². The number of carboxylic acid groups (broad SMARTS) is 1. The van der Waals surface area contributed by atoms with Crippen molar-refractivity contribution in [3.8, 4) is 0 Å². The molecule has 0 aliphatic rings. The summed E-state index contributed by atoms with van der Waals surface area (Å²) in [6.45, 7) is 5.03. The summed E-state index contributed by atoms with van der Waals surface area (Å²) >= 11 is 0.476. The Kier molecular flexibility index (Phi) is 5.27. The van der Waals surface area contributed by atoms with Gasteiger partial charge in [0.05, 0.1) is 4.75 Å². The highest BCUT2D eigenvalue weighted by molar-refractivity contribution is 7.99. The van der Waals surface area contributed by atoms with Gasteiger partial charge in [-0.15, -0.1) is 4.91 Å². The molecule has 0 aromatic rings. The van der Waals surface area contributed by atoms with Crippen LogP contribution in [-0.2, 0) is 14.4 Å². The molecule has 7 nitrogen and oxygen atoms in total. The Balaban J connectivity index is 5.48. The molecule has 2 amide bonds. The summed E-state index contributed by atoms with van der Waals surface area (Å²) < 4.78 is 1.36. The molecule has 0 aromatic heterocycles. The number of imide groups is 1. The van der Waals surface area contributed by atoms with Gasteiger partial charge in [-0.25, -0.2) is 4.79 Å². The van der Waals surface area contributed by atoms with E-state index in [9.17, 15) is 19.3 Å². The molecule has 0 fully saturated rings. The highest BCUT2D eigenvalue weighted by atomic mass is 32.2.